The van der Waals surface area contributed by atoms with Gasteiger partial charge < -0.3 is 5.32 Å². The molecule has 0 saturated carbocycles. The highest BCUT2D eigenvalue weighted by Gasteiger charge is 2.17. The molecular weight excluding hydrogens is 410 g/mol. The molecule has 0 atom stereocenters. The first-order valence-corrected chi connectivity index (χ1v) is 11.2. The first-order chi connectivity index (χ1) is 14.8. The van der Waals surface area contributed by atoms with Gasteiger partial charge in [-0.3, -0.25) is 14.5 Å². The number of aryl methyl sites for hydroxylation is 2. The van der Waals surface area contributed by atoms with Crippen LogP contribution in [-0.2, 0) is 10.0 Å². The molecule has 31 heavy (non-hydrogen) atoms. The standard InChI is InChI=1S/C24H21N3O3S/c1-16-6-3-7-17(2)23(16)27-31(29,30)19-13-11-18(12-14-19)26-24(28)21-8-4-10-22-20(21)9-5-15-25-22/h3-15,27H,1-2H3,(H,26,28). The molecule has 0 radical (unpaired) electrons. The minimum absolute atomic E-state index is 0.113. The fourth-order valence-electron chi connectivity index (χ4n) is 3.39. The number of amides is 1. The number of carbonyl (C=O) groups excluding carboxylic acids is 1. The third-order valence-electron chi connectivity index (χ3n) is 5.03. The molecule has 7 heteroatoms. The quantitative estimate of drug-likeness (QED) is 0.470. The number of nitrogens with one attached hydrogen (secondary N) is 2. The second-order valence-electron chi connectivity index (χ2n) is 7.23. The van der Waals surface area contributed by atoms with E-state index in [1.165, 1.54) is 12.1 Å². The van der Waals surface area contributed by atoms with Crippen molar-refractivity contribution in [2.45, 2.75) is 18.7 Å². The van der Waals surface area contributed by atoms with Gasteiger partial charge in [0.25, 0.3) is 15.9 Å². The summed E-state index contributed by atoms with van der Waals surface area (Å²) in [5, 5.41) is 3.56. The van der Waals surface area contributed by atoms with Crippen molar-refractivity contribution in [3.05, 3.63) is 95.7 Å². The van der Waals surface area contributed by atoms with E-state index in [2.05, 4.69) is 15.0 Å². The number of hydrogen-bond acceptors (Lipinski definition) is 4. The zero-order valence-electron chi connectivity index (χ0n) is 17.1. The van der Waals surface area contributed by atoms with E-state index >= 15 is 0 Å². The predicted octanol–water partition coefficient (Wildman–Crippen LogP) is 4.90. The van der Waals surface area contributed by atoms with E-state index in [1.807, 2.05) is 44.2 Å². The zero-order valence-corrected chi connectivity index (χ0v) is 17.9. The SMILES string of the molecule is Cc1cccc(C)c1NS(=O)(=O)c1ccc(NC(=O)c2cccc3ncccc23)cc1. The Morgan fingerprint density at radius 2 is 1.52 bits per heavy atom. The second-order valence-corrected chi connectivity index (χ2v) is 8.91. The monoisotopic (exact) mass is 431 g/mol. The molecule has 1 heterocycles. The molecule has 2 N–H and O–H groups in total. The lowest BCUT2D eigenvalue weighted by Gasteiger charge is -2.13. The lowest BCUT2D eigenvalue weighted by atomic mass is 10.1. The zero-order chi connectivity index (χ0) is 22.0. The van der Waals surface area contributed by atoms with Crippen LogP contribution in [0.4, 0.5) is 11.4 Å². The smallest absolute Gasteiger partial charge is 0.261 e. The number of nitrogens with zero attached hydrogens (tertiary/aromatic N) is 1. The Hall–Kier alpha value is -3.71. The number of benzene rings is 3. The van der Waals surface area contributed by atoms with E-state index in [4.69, 9.17) is 0 Å². The Balaban J connectivity index is 1.55. The van der Waals surface area contributed by atoms with Crippen LogP contribution in [0.3, 0.4) is 0 Å². The van der Waals surface area contributed by atoms with Gasteiger partial charge in [-0.1, -0.05) is 30.3 Å². The van der Waals surface area contributed by atoms with Gasteiger partial charge in [0, 0.05) is 22.8 Å². The normalized spacial score (nSPS) is 11.3. The molecule has 0 aliphatic carbocycles. The average Bonchev–Trinajstić information content (AvgIpc) is 2.76. The molecule has 0 fully saturated rings. The van der Waals surface area contributed by atoms with Gasteiger partial charge in [0.15, 0.2) is 0 Å². The first-order valence-electron chi connectivity index (χ1n) is 9.69. The Bertz CT molecular complexity index is 1360. The van der Waals surface area contributed by atoms with E-state index in [0.29, 0.717) is 16.9 Å². The van der Waals surface area contributed by atoms with Crippen molar-refractivity contribution in [2.24, 2.45) is 0 Å². The number of anilines is 2. The fourth-order valence-corrected chi connectivity index (χ4v) is 4.59. The molecule has 6 nitrogen and oxygen atoms in total. The number of para-hydroxylation sites is 1. The lowest BCUT2D eigenvalue weighted by Crippen LogP contribution is -2.15. The van der Waals surface area contributed by atoms with Crippen LogP contribution in [-0.4, -0.2) is 19.3 Å². The fraction of sp³-hybridized carbons (Fsp3) is 0.0833. The van der Waals surface area contributed by atoms with Crippen molar-refractivity contribution in [3.63, 3.8) is 0 Å². The maximum atomic E-state index is 12.8. The summed E-state index contributed by atoms with van der Waals surface area (Å²) in [4.78, 5) is 17.1. The lowest BCUT2D eigenvalue weighted by molar-refractivity contribution is 0.102. The van der Waals surface area contributed by atoms with Crippen LogP contribution in [0, 0.1) is 13.8 Å². The molecule has 3 aromatic carbocycles. The van der Waals surface area contributed by atoms with Gasteiger partial charge in [-0.15, -0.1) is 0 Å². The minimum Gasteiger partial charge on any atom is -0.322 e. The predicted molar refractivity (Wildman–Crippen MR) is 123 cm³/mol. The maximum absolute atomic E-state index is 12.8. The molecule has 0 aliphatic heterocycles. The summed E-state index contributed by atoms with van der Waals surface area (Å²) < 4.78 is 28.3. The molecule has 156 valence electrons. The summed E-state index contributed by atoms with van der Waals surface area (Å²) in [5.74, 6) is -0.289. The van der Waals surface area contributed by atoms with Crippen LogP contribution in [0.2, 0.25) is 0 Å². The van der Waals surface area contributed by atoms with E-state index < -0.39 is 10.0 Å². The summed E-state index contributed by atoms with van der Waals surface area (Å²) in [6.07, 6.45) is 1.68. The maximum Gasteiger partial charge on any atom is 0.261 e. The largest absolute Gasteiger partial charge is 0.322 e. The summed E-state index contributed by atoms with van der Waals surface area (Å²) >= 11 is 0. The molecular formula is C24H21N3O3S. The van der Waals surface area contributed by atoms with Crippen LogP contribution in [0.25, 0.3) is 10.9 Å². The van der Waals surface area contributed by atoms with Crippen LogP contribution in [0.1, 0.15) is 21.5 Å². The molecule has 0 spiro atoms. The van der Waals surface area contributed by atoms with Crippen LogP contribution in [0.5, 0.6) is 0 Å². The number of pyridine rings is 1. The number of rotatable bonds is 5. The molecule has 1 aromatic heterocycles. The number of aromatic nitrogens is 1. The van der Waals surface area contributed by atoms with E-state index in [-0.39, 0.29) is 10.8 Å². The third-order valence-corrected chi connectivity index (χ3v) is 6.40. The first kappa shape index (κ1) is 20.6. The second kappa shape index (κ2) is 8.20. The highest BCUT2D eigenvalue weighted by atomic mass is 32.2. The Morgan fingerprint density at radius 3 is 2.23 bits per heavy atom. The van der Waals surface area contributed by atoms with Crippen molar-refractivity contribution >= 4 is 38.2 Å². The highest BCUT2D eigenvalue weighted by Crippen LogP contribution is 2.24. The van der Waals surface area contributed by atoms with Crippen molar-refractivity contribution in [2.75, 3.05) is 10.0 Å². The van der Waals surface area contributed by atoms with E-state index in [0.717, 1.165) is 22.0 Å². The third kappa shape index (κ3) is 4.27. The average molecular weight is 432 g/mol. The molecule has 0 bridgehead atoms. The Labute approximate surface area is 181 Å². The van der Waals surface area contributed by atoms with Crippen molar-refractivity contribution < 1.29 is 13.2 Å². The van der Waals surface area contributed by atoms with Crippen molar-refractivity contribution in [3.8, 4) is 0 Å². The molecule has 4 aromatic rings. The van der Waals surface area contributed by atoms with Crippen LogP contribution in [0.15, 0.2) is 83.9 Å². The van der Waals surface area contributed by atoms with Crippen molar-refractivity contribution in [1.82, 2.24) is 4.98 Å². The van der Waals surface area contributed by atoms with Gasteiger partial charge in [-0.2, -0.15) is 0 Å². The van der Waals surface area contributed by atoms with Gasteiger partial charge in [-0.05, 0) is 67.4 Å². The topological polar surface area (TPSA) is 88.2 Å². The number of carbonyl (C=O) groups is 1. The molecule has 4 rings (SSSR count). The van der Waals surface area contributed by atoms with Crippen molar-refractivity contribution in [1.29, 1.82) is 0 Å². The van der Waals surface area contributed by atoms with Gasteiger partial charge in [0.05, 0.1) is 16.1 Å². The summed E-state index contributed by atoms with van der Waals surface area (Å²) in [6, 6.07) is 20.6. The number of fused-ring (bicyclic) bond motifs is 1. The summed E-state index contributed by atoms with van der Waals surface area (Å²) in [5.41, 5.74) is 3.99. The van der Waals surface area contributed by atoms with Crippen LogP contribution >= 0.6 is 0 Å². The Morgan fingerprint density at radius 1 is 0.839 bits per heavy atom. The molecule has 1 amide bonds. The molecule has 0 aliphatic rings. The van der Waals surface area contributed by atoms with E-state index in [1.54, 1.807) is 36.5 Å². The number of sulfonamides is 1. The van der Waals surface area contributed by atoms with Gasteiger partial charge in [-0.25, -0.2) is 8.42 Å². The van der Waals surface area contributed by atoms with Crippen LogP contribution < -0.4 is 10.0 Å². The summed E-state index contributed by atoms with van der Waals surface area (Å²) in [6.45, 7) is 3.71. The van der Waals surface area contributed by atoms with E-state index in [9.17, 15) is 13.2 Å². The van der Waals surface area contributed by atoms with Gasteiger partial charge in [0.2, 0.25) is 0 Å². The van der Waals surface area contributed by atoms with Gasteiger partial charge in [0.1, 0.15) is 0 Å². The Kier molecular flexibility index (Phi) is 5.44. The highest BCUT2D eigenvalue weighted by molar-refractivity contribution is 7.92. The molecule has 0 unspecified atom stereocenters. The minimum atomic E-state index is -3.76. The summed E-state index contributed by atoms with van der Waals surface area (Å²) in [7, 11) is -3.76. The van der Waals surface area contributed by atoms with Gasteiger partial charge >= 0.3 is 0 Å². The number of hydrogen-bond donors (Lipinski definition) is 2. The molecule has 0 saturated heterocycles.